The standard InChI is InChI=1S/C16H33N3O2Si/c1-12(10-18-19-17)14(13-9-16(5,6)20-11-13)21-22(7,8)15(2,3)4/h12-14H,9-11H2,1-8H3/t12-,13+,14?/m0/s1. The fourth-order valence-corrected chi connectivity index (χ4v) is 4.21. The van der Waals surface area contributed by atoms with Gasteiger partial charge >= 0.3 is 0 Å². The highest BCUT2D eigenvalue weighted by Gasteiger charge is 2.45. The van der Waals surface area contributed by atoms with Crippen molar-refractivity contribution >= 4 is 8.32 Å². The van der Waals surface area contributed by atoms with E-state index in [4.69, 9.17) is 14.7 Å². The molecule has 3 atom stereocenters. The molecule has 1 rings (SSSR count). The van der Waals surface area contributed by atoms with E-state index in [0.717, 1.165) is 13.0 Å². The van der Waals surface area contributed by atoms with Crippen molar-refractivity contribution in [2.24, 2.45) is 17.0 Å². The third-order valence-corrected chi connectivity index (χ3v) is 9.61. The molecule has 0 amide bonds. The molecule has 0 saturated carbocycles. The summed E-state index contributed by atoms with van der Waals surface area (Å²) >= 11 is 0. The number of ether oxygens (including phenoxy) is 1. The van der Waals surface area contributed by atoms with Crippen LogP contribution in [0, 0.1) is 11.8 Å². The second-order valence-corrected chi connectivity index (χ2v) is 13.5. The van der Waals surface area contributed by atoms with Crippen LogP contribution in [0.4, 0.5) is 0 Å². The van der Waals surface area contributed by atoms with E-state index in [1.807, 2.05) is 0 Å². The van der Waals surface area contributed by atoms with E-state index in [-0.39, 0.29) is 22.7 Å². The summed E-state index contributed by atoms with van der Waals surface area (Å²) in [4.78, 5) is 2.91. The largest absolute Gasteiger partial charge is 0.413 e. The second kappa shape index (κ2) is 6.91. The highest BCUT2D eigenvalue weighted by molar-refractivity contribution is 6.74. The molecule has 1 saturated heterocycles. The third kappa shape index (κ3) is 4.98. The first-order valence-corrected chi connectivity index (χ1v) is 11.1. The minimum atomic E-state index is -1.87. The smallest absolute Gasteiger partial charge is 0.192 e. The molecule has 5 nitrogen and oxygen atoms in total. The van der Waals surface area contributed by atoms with Crippen LogP contribution in [-0.4, -0.2) is 33.2 Å². The Morgan fingerprint density at radius 2 is 2.00 bits per heavy atom. The fraction of sp³-hybridized carbons (Fsp3) is 1.00. The van der Waals surface area contributed by atoms with Crippen LogP contribution in [0.1, 0.15) is 48.0 Å². The van der Waals surface area contributed by atoms with Crippen molar-refractivity contribution in [1.29, 1.82) is 0 Å². The average molecular weight is 328 g/mol. The maximum atomic E-state index is 8.61. The molecule has 1 unspecified atom stereocenters. The molecule has 0 aromatic heterocycles. The van der Waals surface area contributed by atoms with E-state index in [9.17, 15) is 0 Å². The van der Waals surface area contributed by atoms with Gasteiger partial charge in [0.1, 0.15) is 0 Å². The van der Waals surface area contributed by atoms with Crippen LogP contribution in [0.25, 0.3) is 10.4 Å². The molecule has 0 aromatic carbocycles. The van der Waals surface area contributed by atoms with Crippen molar-refractivity contribution in [2.75, 3.05) is 13.2 Å². The zero-order chi connectivity index (χ0) is 17.2. The normalized spacial score (nSPS) is 24.6. The van der Waals surface area contributed by atoms with Crippen molar-refractivity contribution in [2.45, 2.75) is 77.8 Å². The monoisotopic (exact) mass is 327 g/mol. The summed E-state index contributed by atoms with van der Waals surface area (Å²) in [5, 5.41) is 3.93. The Bertz CT molecular complexity index is 426. The first-order valence-electron chi connectivity index (χ1n) is 8.22. The van der Waals surface area contributed by atoms with Gasteiger partial charge in [-0.15, -0.1) is 0 Å². The van der Waals surface area contributed by atoms with Crippen molar-refractivity contribution in [3.63, 3.8) is 0 Å². The Hall–Kier alpha value is -0.553. The number of hydrogen-bond acceptors (Lipinski definition) is 3. The maximum Gasteiger partial charge on any atom is 0.192 e. The highest BCUT2D eigenvalue weighted by atomic mass is 28.4. The quantitative estimate of drug-likeness (QED) is 0.293. The molecule has 0 radical (unpaired) electrons. The molecule has 1 aliphatic rings. The van der Waals surface area contributed by atoms with E-state index >= 15 is 0 Å². The molecule has 6 heteroatoms. The summed E-state index contributed by atoms with van der Waals surface area (Å²) in [5.74, 6) is 0.570. The summed E-state index contributed by atoms with van der Waals surface area (Å²) in [6.45, 7) is 18.9. The van der Waals surface area contributed by atoms with Crippen molar-refractivity contribution in [1.82, 2.24) is 0 Å². The topological polar surface area (TPSA) is 67.2 Å². The van der Waals surface area contributed by atoms with Gasteiger partial charge in [-0.05, 0) is 49.8 Å². The summed E-state index contributed by atoms with van der Waals surface area (Å²) < 4.78 is 12.6. The SMILES string of the molecule is C[C@@H](CN=[N+]=[N-])C(O[Si](C)(C)C(C)(C)C)[C@H]1COC(C)(C)C1. The molecule has 0 aliphatic carbocycles. The molecular formula is C16H33N3O2Si. The van der Waals surface area contributed by atoms with E-state index < -0.39 is 8.32 Å². The van der Waals surface area contributed by atoms with E-state index in [1.54, 1.807) is 0 Å². The summed E-state index contributed by atoms with van der Waals surface area (Å²) in [6.07, 6.45) is 1.08. The van der Waals surface area contributed by atoms with E-state index in [0.29, 0.717) is 12.5 Å². The number of azide groups is 1. The maximum absolute atomic E-state index is 8.61. The Morgan fingerprint density at radius 1 is 1.41 bits per heavy atom. The van der Waals surface area contributed by atoms with Gasteiger partial charge in [-0.2, -0.15) is 0 Å². The van der Waals surface area contributed by atoms with Crippen LogP contribution in [0.15, 0.2) is 5.11 Å². The minimum absolute atomic E-state index is 0.0854. The zero-order valence-corrected chi connectivity index (χ0v) is 16.5. The van der Waals surface area contributed by atoms with Crippen LogP contribution >= 0.6 is 0 Å². The first-order chi connectivity index (χ1) is 9.89. The van der Waals surface area contributed by atoms with Crippen LogP contribution in [-0.2, 0) is 9.16 Å². The molecule has 1 aliphatic heterocycles. The van der Waals surface area contributed by atoms with Crippen LogP contribution in [0.3, 0.4) is 0 Å². The molecule has 22 heavy (non-hydrogen) atoms. The number of hydrogen-bond donors (Lipinski definition) is 0. The minimum Gasteiger partial charge on any atom is -0.413 e. The Labute approximate surface area is 136 Å². The van der Waals surface area contributed by atoms with Gasteiger partial charge in [0.05, 0.1) is 18.3 Å². The predicted octanol–water partition coefficient (Wildman–Crippen LogP) is 5.14. The molecular weight excluding hydrogens is 294 g/mol. The number of nitrogens with zero attached hydrogens (tertiary/aromatic N) is 3. The van der Waals surface area contributed by atoms with Gasteiger partial charge in [0.15, 0.2) is 8.32 Å². The molecule has 0 spiro atoms. The lowest BCUT2D eigenvalue weighted by molar-refractivity contribution is 0.0257. The number of rotatable bonds is 6. The summed E-state index contributed by atoms with van der Waals surface area (Å²) in [6, 6.07) is 0. The van der Waals surface area contributed by atoms with Crippen LogP contribution in [0.2, 0.25) is 18.1 Å². The summed E-state index contributed by atoms with van der Waals surface area (Å²) in [7, 11) is -1.87. The Kier molecular flexibility index (Phi) is 6.12. The zero-order valence-electron chi connectivity index (χ0n) is 15.5. The van der Waals surface area contributed by atoms with E-state index in [2.05, 4.69) is 64.7 Å². The van der Waals surface area contributed by atoms with Gasteiger partial charge in [-0.1, -0.05) is 32.8 Å². The van der Waals surface area contributed by atoms with Crippen LogP contribution in [0.5, 0.6) is 0 Å². The van der Waals surface area contributed by atoms with Crippen molar-refractivity contribution in [3.8, 4) is 0 Å². The van der Waals surface area contributed by atoms with Crippen LogP contribution < -0.4 is 0 Å². The van der Waals surface area contributed by atoms with Gasteiger partial charge in [-0.3, -0.25) is 0 Å². The van der Waals surface area contributed by atoms with Gasteiger partial charge < -0.3 is 9.16 Å². The van der Waals surface area contributed by atoms with Gasteiger partial charge in [0.2, 0.25) is 0 Å². The molecule has 0 N–H and O–H groups in total. The lowest BCUT2D eigenvalue weighted by atomic mass is 9.87. The molecule has 1 fully saturated rings. The lowest BCUT2D eigenvalue weighted by Gasteiger charge is -2.42. The molecule has 0 aromatic rings. The summed E-state index contributed by atoms with van der Waals surface area (Å²) in [5.41, 5.74) is 8.52. The molecule has 1 heterocycles. The molecule has 128 valence electrons. The Balaban J connectivity index is 2.94. The lowest BCUT2D eigenvalue weighted by Crippen LogP contribution is -2.48. The van der Waals surface area contributed by atoms with Crippen molar-refractivity contribution in [3.05, 3.63) is 10.4 Å². The van der Waals surface area contributed by atoms with Gasteiger partial charge in [-0.25, -0.2) is 0 Å². The van der Waals surface area contributed by atoms with Gasteiger partial charge in [0, 0.05) is 17.4 Å². The Morgan fingerprint density at radius 3 is 2.41 bits per heavy atom. The average Bonchev–Trinajstić information content (AvgIpc) is 2.72. The third-order valence-electron chi connectivity index (χ3n) is 5.14. The fourth-order valence-electron chi connectivity index (χ4n) is 2.76. The van der Waals surface area contributed by atoms with Gasteiger partial charge in [0.25, 0.3) is 0 Å². The second-order valence-electron chi connectivity index (χ2n) is 8.77. The predicted molar refractivity (Wildman–Crippen MR) is 93.4 cm³/mol. The molecule has 0 bridgehead atoms. The first kappa shape index (κ1) is 19.5. The highest BCUT2D eigenvalue weighted by Crippen LogP contribution is 2.42. The van der Waals surface area contributed by atoms with E-state index in [1.165, 1.54) is 0 Å². The van der Waals surface area contributed by atoms with Crippen molar-refractivity contribution < 1.29 is 9.16 Å².